The van der Waals surface area contributed by atoms with Crippen molar-refractivity contribution in [2.24, 2.45) is 0 Å². The van der Waals surface area contributed by atoms with Crippen LogP contribution in [-0.4, -0.2) is 17.9 Å². The Morgan fingerprint density at radius 3 is 2.03 bits per heavy atom. The van der Waals surface area contributed by atoms with Gasteiger partial charge in [-0.25, -0.2) is 0 Å². The predicted molar refractivity (Wildman–Crippen MR) is 127 cm³/mol. The molecule has 1 N–H and O–H groups in total. The Morgan fingerprint density at radius 2 is 1.38 bits per heavy atom. The Morgan fingerprint density at radius 1 is 0.781 bits per heavy atom. The molecule has 4 aromatic rings. The van der Waals surface area contributed by atoms with Gasteiger partial charge in [-0.1, -0.05) is 91.0 Å². The van der Waals surface area contributed by atoms with Crippen molar-refractivity contribution >= 4 is 5.91 Å². The quantitative estimate of drug-likeness (QED) is 0.379. The molecule has 1 heterocycles. The van der Waals surface area contributed by atoms with Crippen LogP contribution in [0.1, 0.15) is 39.0 Å². The summed E-state index contributed by atoms with van der Waals surface area (Å²) in [5.41, 5.74) is 3.48. The van der Waals surface area contributed by atoms with Crippen molar-refractivity contribution in [3.63, 3.8) is 0 Å². The van der Waals surface area contributed by atoms with Gasteiger partial charge >= 0.3 is 0 Å². The molecule has 0 bridgehead atoms. The number of amides is 1. The second-order valence-electron chi connectivity index (χ2n) is 8.05. The fourth-order valence-corrected chi connectivity index (χ4v) is 3.82. The molecule has 4 heteroatoms. The molecule has 4 nitrogen and oxygen atoms in total. The zero-order chi connectivity index (χ0) is 22.2. The third-order valence-electron chi connectivity index (χ3n) is 5.40. The van der Waals surface area contributed by atoms with E-state index in [1.165, 1.54) is 11.1 Å². The van der Waals surface area contributed by atoms with E-state index in [4.69, 9.17) is 4.42 Å². The largest absolute Gasteiger partial charge is 0.455 e. The Hall–Kier alpha value is -3.63. The fourth-order valence-electron chi connectivity index (χ4n) is 3.82. The number of furan rings is 1. The van der Waals surface area contributed by atoms with Gasteiger partial charge in [0, 0.05) is 6.54 Å². The van der Waals surface area contributed by atoms with E-state index in [9.17, 15) is 4.79 Å². The first kappa shape index (κ1) is 21.6. The van der Waals surface area contributed by atoms with Gasteiger partial charge in [0.05, 0.1) is 12.6 Å². The zero-order valence-electron chi connectivity index (χ0n) is 18.3. The lowest BCUT2D eigenvalue weighted by Gasteiger charge is -2.19. The van der Waals surface area contributed by atoms with Gasteiger partial charge in [-0.3, -0.25) is 9.69 Å². The van der Waals surface area contributed by atoms with Gasteiger partial charge in [0.1, 0.15) is 5.76 Å². The van der Waals surface area contributed by atoms with E-state index in [1.54, 1.807) is 6.07 Å². The SMILES string of the molecule is CN(Cc1ccccc1)Cc1ccc(C(=O)N[C@H](Cc2ccccc2)c2ccccc2)o1. The summed E-state index contributed by atoms with van der Waals surface area (Å²) in [7, 11) is 2.04. The molecule has 0 spiro atoms. The fraction of sp³-hybridized carbons (Fsp3) is 0.179. The summed E-state index contributed by atoms with van der Waals surface area (Å²) >= 11 is 0. The van der Waals surface area contributed by atoms with Crippen molar-refractivity contribution in [3.05, 3.63) is 131 Å². The standard InChI is InChI=1S/C28H28N2O2/c1-30(20-23-13-7-3-8-14-23)21-25-17-18-27(32-25)28(31)29-26(24-15-9-4-10-16-24)19-22-11-5-2-6-12-22/h2-18,26H,19-21H2,1H3,(H,29,31)/t26-/m1/s1. The van der Waals surface area contributed by atoms with Crippen LogP contribution in [0.2, 0.25) is 0 Å². The molecule has 1 aromatic heterocycles. The number of benzene rings is 3. The lowest BCUT2D eigenvalue weighted by atomic mass is 9.99. The van der Waals surface area contributed by atoms with Gasteiger partial charge in [-0.05, 0) is 42.3 Å². The van der Waals surface area contributed by atoms with Crippen molar-refractivity contribution in [1.82, 2.24) is 10.2 Å². The molecule has 3 aromatic carbocycles. The Labute approximate surface area is 189 Å². The zero-order valence-corrected chi connectivity index (χ0v) is 18.3. The minimum absolute atomic E-state index is 0.139. The van der Waals surface area contributed by atoms with Crippen LogP contribution in [0.25, 0.3) is 0 Å². The molecule has 0 radical (unpaired) electrons. The number of nitrogens with zero attached hydrogens (tertiary/aromatic N) is 1. The molecule has 0 unspecified atom stereocenters. The summed E-state index contributed by atoms with van der Waals surface area (Å²) in [6.07, 6.45) is 0.712. The van der Waals surface area contributed by atoms with E-state index in [1.807, 2.05) is 79.8 Å². The highest BCUT2D eigenvalue weighted by molar-refractivity contribution is 5.91. The summed E-state index contributed by atoms with van der Waals surface area (Å²) in [4.78, 5) is 15.2. The molecule has 0 saturated carbocycles. The number of carbonyl (C=O) groups excluding carboxylic acids is 1. The molecule has 0 saturated heterocycles. The molecule has 0 fully saturated rings. The van der Waals surface area contributed by atoms with Gasteiger partial charge in [0.2, 0.25) is 0 Å². The van der Waals surface area contributed by atoms with Crippen molar-refractivity contribution in [2.75, 3.05) is 7.05 Å². The highest BCUT2D eigenvalue weighted by Crippen LogP contribution is 2.20. The second kappa shape index (κ2) is 10.6. The first-order chi connectivity index (χ1) is 15.7. The van der Waals surface area contributed by atoms with Crippen LogP contribution in [0.4, 0.5) is 0 Å². The van der Waals surface area contributed by atoms with E-state index >= 15 is 0 Å². The predicted octanol–water partition coefficient (Wildman–Crippen LogP) is 5.63. The molecule has 0 aliphatic heterocycles. The van der Waals surface area contributed by atoms with Crippen LogP contribution in [-0.2, 0) is 19.5 Å². The maximum absolute atomic E-state index is 13.0. The minimum Gasteiger partial charge on any atom is -0.455 e. The number of hydrogen-bond donors (Lipinski definition) is 1. The molecular weight excluding hydrogens is 396 g/mol. The van der Waals surface area contributed by atoms with E-state index in [-0.39, 0.29) is 11.9 Å². The summed E-state index contributed by atoms with van der Waals surface area (Å²) in [5.74, 6) is 0.904. The van der Waals surface area contributed by atoms with Crippen molar-refractivity contribution in [2.45, 2.75) is 25.6 Å². The molecular formula is C28H28N2O2. The third kappa shape index (κ3) is 5.96. The highest BCUT2D eigenvalue weighted by Gasteiger charge is 2.19. The van der Waals surface area contributed by atoms with Crippen LogP contribution >= 0.6 is 0 Å². The smallest absolute Gasteiger partial charge is 0.287 e. The summed E-state index contributed by atoms with van der Waals surface area (Å²) < 4.78 is 5.89. The van der Waals surface area contributed by atoms with Crippen LogP contribution in [0.3, 0.4) is 0 Å². The van der Waals surface area contributed by atoms with Crippen LogP contribution < -0.4 is 5.32 Å². The van der Waals surface area contributed by atoms with E-state index in [0.29, 0.717) is 18.7 Å². The van der Waals surface area contributed by atoms with Crippen molar-refractivity contribution in [1.29, 1.82) is 0 Å². The van der Waals surface area contributed by atoms with Crippen LogP contribution in [0, 0.1) is 0 Å². The lowest BCUT2D eigenvalue weighted by molar-refractivity contribution is 0.0904. The van der Waals surface area contributed by atoms with Gasteiger partial charge < -0.3 is 9.73 Å². The minimum atomic E-state index is -0.202. The molecule has 162 valence electrons. The highest BCUT2D eigenvalue weighted by atomic mass is 16.4. The first-order valence-corrected chi connectivity index (χ1v) is 10.9. The summed E-state index contributed by atoms with van der Waals surface area (Å²) in [5, 5.41) is 3.16. The lowest BCUT2D eigenvalue weighted by Crippen LogP contribution is -2.29. The number of hydrogen-bond acceptors (Lipinski definition) is 3. The van der Waals surface area contributed by atoms with Crippen molar-refractivity contribution < 1.29 is 9.21 Å². The normalized spacial score (nSPS) is 11.9. The number of nitrogens with one attached hydrogen (secondary N) is 1. The average molecular weight is 425 g/mol. The second-order valence-corrected chi connectivity index (χ2v) is 8.05. The topological polar surface area (TPSA) is 45.5 Å². The van der Waals surface area contributed by atoms with Gasteiger partial charge in [0.25, 0.3) is 5.91 Å². The van der Waals surface area contributed by atoms with Crippen LogP contribution in [0.15, 0.2) is 108 Å². The summed E-state index contributed by atoms with van der Waals surface area (Å²) in [6, 6.07) is 34.0. The first-order valence-electron chi connectivity index (χ1n) is 10.9. The Kier molecular flexibility index (Phi) is 7.15. The van der Waals surface area contributed by atoms with Gasteiger partial charge in [-0.15, -0.1) is 0 Å². The maximum atomic E-state index is 13.0. The monoisotopic (exact) mass is 424 g/mol. The molecule has 0 aliphatic carbocycles. The number of carbonyl (C=O) groups is 1. The average Bonchev–Trinajstić information content (AvgIpc) is 3.29. The molecule has 0 aliphatic rings. The summed E-state index contributed by atoms with van der Waals surface area (Å²) in [6.45, 7) is 1.45. The van der Waals surface area contributed by atoms with E-state index < -0.39 is 0 Å². The molecule has 4 rings (SSSR count). The third-order valence-corrected chi connectivity index (χ3v) is 5.40. The maximum Gasteiger partial charge on any atom is 0.287 e. The van der Waals surface area contributed by atoms with E-state index in [0.717, 1.165) is 17.9 Å². The molecule has 32 heavy (non-hydrogen) atoms. The molecule has 1 amide bonds. The molecule has 1 atom stereocenters. The van der Waals surface area contributed by atoms with Crippen LogP contribution in [0.5, 0.6) is 0 Å². The van der Waals surface area contributed by atoms with E-state index in [2.05, 4.69) is 34.5 Å². The number of rotatable bonds is 9. The van der Waals surface area contributed by atoms with Gasteiger partial charge in [0.15, 0.2) is 5.76 Å². The van der Waals surface area contributed by atoms with Gasteiger partial charge in [-0.2, -0.15) is 0 Å². The Balaban J connectivity index is 1.41. The Bertz CT molecular complexity index is 1110. The van der Waals surface area contributed by atoms with Crippen molar-refractivity contribution in [3.8, 4) is 0 Å².